The minimum atomic E-state index is 0.441. The molecule has 2 aromatic rings. The Bertz CT molecular complexity index is 629. The van der Waals surface area contributed by atoms with Gasteiger partial charge < -0.3 is 5.32 Å². The van der Waals surface area contributed by atoms with Gasteiger partial charge in [0.05, 0.1) is 11.4 Å². The molecule has 0 bridgehead atoms. The Kier molecular flexibility index (Phi) is 3.02. The molecule has 1 aromatic heterocycles. The van der Waals surface area contributed by atoms with E-state index in [-0.39, 0.29) is 0 Å². The summed E-state index contributed by atoms with van der Waals surface area (Å²) >= 11 is 6.22. The zero-order valence-corrected chi connectivity index (χ0v) is 12.3. The van der Waals surface area contributed by atoms with Crippen LogP contribution in [0.2, 0.25) is 5.02 Å². The van der Waals surface area contributed by atoms with Crippen LogP contribution >= 0.6 is 11.6 Å². The molecule has 1 aliphatic heterocycles. The van der Waals surface area contributed by atoms with Crippen molar-refractivity contribution < 1.29 is 0 Å². The Morgan fingerprint density at radius 1 is 1.37 bits per heavy atom. The molecule has 1 N–H and O–H groups in total. The van der Waals surface area contributed by atoms with Gasteiger partial charge in [-0.05, 0) is 37.0 Å². The van der Waals surface area contributed by atoms with E-state index in [0.717, 1.165) is 35.1 Å². The summed E-state index contributed by atoms with van der Waals surface area (Å²) < 4.78 is 1.99. The highest BCUT2D eigenvalue weighted by molar-refractivity contribution is 6.31. The summed E-state index contributed by atoms with van der Waals surface area (Å²) in [6, 6.07) is 6.09. The number of anilines is 1. The maximum atomic E-state index is 6.22. The Balaban J connectivity index is 2.15. The molecule has 0 spiro atoms. The Morgan fingerprint density at radius 2 is 2.16 bits per heavy atom. The minimum Gasteiger partial charge on any atom is -0.369 e. The number of nitrogens with one attached hydrogen (secondary N) is 1. The Morgan fingerprint density at radius 3 is 2.84 bits per heavy atom. The molecular formula is C15H18ClN3. The van der Waals surface area contributed by atoms with Gasteiger partial charge in [0.15, 0.2) is 0 Å². The highest BCUT2D eigenvalue weighted by Crippen LogP contribution is 2.33. The predicted octanol–water partition coefficient (Wildman–Crippen LogP) is 3.93. The van der Waals surface area contributed by atoms with E-state index < -0.39 is 0 Å². The van der Waals surface area contributed by atoms with Crippen molar-refractivity contribution in [2.24, 2.45) is 0 Å². The molecule has 1 aromatic carbocycles. The zero-order chi connectivity index (χ0) is 13.6. The average molecular weight is 276 g/mol. The summed E-state index contributed by atoms with van der Waals surface area (Å²) in [4.78, 5) is 0. The highest BCUT2D eigenvalue weighted by Gasteiger charge is 2.24. The molecule has 2 heterocycles. The van der Waals surface area contributed by atoms with Gasteiger partial charge in [0, 0.05) is 17.1 Å². The van der Waals surface area contributed by atoms with Crippen LogP contribution in [0.25, 0.3) is 5.69 Å². The van der Waals surface area contributed by atoms with E-state index in [4.69, 9.17) is 16.7 Å². The van der Waals surface area contributed by atoms with Gasteiger partial charge in [0.1, 0.15) is 5.82 Å². The molecule has 3 rings (SSSR count). The van der Waals surface area contributed by atoms with Crippen LogP contribution in [0.3, 0.4) is 0 Å². The van der Waals surface area contributed by atoms with E-state index in [9.17, 15) is 0 Å². The largest absolute Gasteiger partial charge is 0.369 e. The number of rotatable bonds is 2. The third-order valence-corrected chi connectivity index (χ3v) is 4.04. The second-order valence-corrected chi connectivity index (χ2v) is 5.80. The summed E-state index contributed by atoms with van der Waals surface area (Å²) in [7, 11) is 0. The molecule has 0 unspecified atom stereocenters. The zero-order valence-electron chi connectivity index (χ0n) is 11.5. The van der Waals surface area contributed by atoms with Crippen LogP contribution in [-0.2, 0) is 6.42 Å². The summed E-state index contributed by atoms with van der Waals surface area (Å²) in [5.74, 6) is 1.57. The first kappa shape index (κ1) is 12.5. The maximum absolute atomic E-state index is 6.22. The minimum absolute atomic E-state index is 0.441. The molecule has 0 saturated carbocycles. The van der Waals surface area contributed by atoms with Crippen molar-refractivity contribution in [3.8, 4) is 5.69 Å². The summed E-state index contributed by atoms with van der Waals surface area (Å²) in [5.41, 5.74) is 4.66. The van der Waals surface area contributed by atoms with Crippen molar-refractivity contribution in [2.75, 3.05) is 11.9 Å². The van der Waals surface area contributed by atoms with Crippen LogP contribution in [0, 0.1) is 6.92 Å². The second kappa shape index (κ2) is 4.57. The molecular weight excluding hydrogens is 258 g/mol. The topological polar surface area (TPSA) is 29.9 Å². The van der Waals surface area contributed by atoms with Gasteiger partial charge in [0.2, 0.25) is 0 Å². The van der Waals surface area contributed by atoms with Gasteiger partial charge in [0.25, 0.3) is 0 Å². The molecule has 100 valence electrons. The van der Waals surface area contributed by atoms with Crippen LogP contribution in [0.15, 0.2) is 18.2 Å². The first-order valence-corrected chi connectivity index (χ1v) is 7.08. The number of nitrogens with zero attached hydrogens (tertiary/aromatic N) is 2. The third-order valence-electron chi connectivity index (χ3n) is 3.63. The van der Waals surface area contributed by atoms with E-state index in [1.54, 1.807) is 0 Å². The molecule has 0 aliphatic carbocycles. The number of hydrogen-bond acceptors (Lipinski definition) is 2. The number of benzene rings is 1. The van der Waals surface area contributed by atoms with E-state index in [1.165, 1.54) is 11.3 Å². The lowest BCUT2D eigenvalue weighted by Crippen LogP contribution is -2.05. The van der Waals surface area contributed by atoms with E-state index in [2.05, 4.69) is 25.2 Å². The first-order valence-electron chi connectivity index (χ1n) is 6.70. The van der Waals surface area contributed by atoms with Gasteiger partial charge in [-0.2, -0.15) is 5.10 Å². The predicted molar refractivity (Wildman–Crippen MR) is 79.6 cm³/mol. The highest BCUT2D eigenvalue weighted by atomic mass is 35.5. The molecule has 4 heteroatoms. The summed E-state index contributed by atoms with van der Waals surface area (Å²) in [6.45, 7) is 7.38. The van der Waals surface area contributed by atoms with Gasteiger partial charge in [-0.3, -0.25) is 0 Å². The van der Waals surface area contributed by atoms with Crippen LogP contribution in [-0.4, -0.2) is 16.3 Å². The van der Waals surface area contributed by atoms with Crippen LogP contribution < -0.4 is 5.32 Å². The van der Waals surface area contributed by atoms with Gasteiger partial charge in [-0.1, -0.05) is 31.5 Å². The molecule has 0 radical (unpaired) electrons. The van der Waals surface area contributed by atoms with Gasteiger partial charge >= 0.3 is 0 Å². The van der Waals surface area contributed by atoms with E-state index in [0.29, 0.717) is 5.92 Å². The smallest absolute Gasteiger partial charge is 0.133 e. The van der Waals surface area contributed by atoms with Crippen LogP contribution in [0.4, 0.5) is 5.82 Å². The van der Waals surface area contributed by atoms with Crippen molar-refractivity contribution >= 4 is 17.4 Å². The number of halogens is 1. The number of fused-ring (bicyclic) bond motifs is 1. The second-order valence-electron chi connectivity index (χ2n) is 5.39. The van der Waals surface area contributed by atoms with Gasteiger partial charge in [-0.15, -0.1) is 0 Å². The fourth-order valence-corrected chi connectivity index (χ4v) is 2.74. The Labute approximate surface area is 118 Å². The molecule has 19 heavy (non-hydrogen) atoms. The van der Waals surface area contributed by atoms with E-state index >= 15 is 0 Å². The normalized spacial score (nSPS) is 13.7. The molecule has 3 nitrogen and oxygen atoms in total. The summed E-state index contributed by atoms with van der Waals surface area (Å²) in [6.07, 6.45) is 1.06. The van der Waals surface area contributed by atoms with E-state index in [1.807, 2.05) is 23.7 Å². The van der Waals surface area contributed by atoms with Crippen LogP contribution in [0.1, 0.15) is 36.6 Å². The fourth-order valence-electron chi connectivity index (χ4n) is 2.57. The third kappa shape index (κ3) is 2.02. The maximum Gasteiger partial charge on any atom is 0.133 e. The average Bonchev–Trinajstić information content (AvgIpc) is 2.93. The van der Waals surface area contributed by atoms with Crippen molar-refractivity contribution in [3.05, 3.63) is 40.0 Å². The lowest BCUT2D eigenvalue weighted by atomic mass is 10.1. The van der Waals surface area contributed by atoms with Crippen molar-refractivity contribution in [1.29, 1.82) is 0 Å². The fraction of sp³-hybridized carbons (Fsp3) is 0.400. The first-order chi connectivity index (χ1) is 9.08. The van der Waals surface area contributed by atoms with Crippen molar-refractivity contribution in [3.63, 3.8) is 0 Å². The number of aryl methyl sites for hydroxylation is 1. The monoisotopic (exact) mass is 275 g/mol. The molecule has 0 saturated heterocycles. The SMILES string of the molecule is Cc1ccc(-n2nc(C(C)C)c3c2NCC3)cc1Cl. The van der Waals surface area contributed by atoms with Gasteiger partial charge in [-0.25, -0.2) is 4.68 Å². The number of aromatic nitrogens is 2. The molecule has 0 fully saturated rings. The lowest BCUT2D eigenvalue weighted by Gasteiger charge is -2.08. The van der Waals surface area contributed by atoms with Crippen LogP contribution in [0.5, 0.6) is 0 Å². The molecule has 1 aliphatic rings. The standard InChI is InChI=1S/C15H18ClN3/c1-9(2)14-12-6-7-17-15(12)19(18-14)11-5-4-10(3)13(16)8-11/h4-5,8-9,17H,6-7H2,1-3H3. The van der Waals surface area contributed by atoms with Crippen molar-refractivity contribution in [2.45, 2.75) is 33.1 Å². The molecule has 0 atom stereocenters. The van der Waals surface area contributed by atoms with Crippen molar-refractivity contribution in [1.82, 2.24) is 9.78 Å². The summed E-state index contributed by atoms with van der Waals surface area (Å²) in [5, 5.41) is 8.98. The lowest BCUT2D eigenvalue weighted by molar-refractivity contribution is 0.756. The Hall–Kier alpha value is -1.48. The molecule has 0 amide bonds. The number of hydrogen-bond donors (Lipinski definition) is 1. The quantitative estimate of drug-likeness (QED) is 0.900.